The van der Waals surface area contributed by atoms with Crippen LogP contribution in [0.3, 0.4) is 0 Å². The van der Waals surface area contributed by atoms with E-state index in [9.17, 15) is 2.74 Å². The molecule has 11 rings (SSSR count). The smallest absolute Gasteiger partial charge is 0.164 e. The molecule has 0 atom stereocenters. The van der Waals surface area contributed by atoms with Crippen LogP contribution in [-0.2, 0) is 0 Å². The van der Waals surface area contributed by atoms with E-state index in [4.69, 9.17) is 24.9 Å². The minimum atomic E-state index is -0.190. The summed E-state index contributed by atoms with van der Waals surface area (Å²) in [6, 6.07) is 45.2. The van der Waals surface area contributed by atoms with Crippen molar-refractivity contribution in [3.05, 3.63) is 182 Å². The molecule has 0 unspecified atom stereocenters. The number of nitrogens with zero attached hydrogens (tertiary/aromatic N) is 4. The fourth-order valence-corrected chi connectivity index (χ4v) is 7.48. The molecule has 0 saturated heterocycles. The van der Waals surface area contributed by atoms with Crippen LogP contribution in [0, 0.1) is 0 Å². The number of rotatable bonds is 5. The standard InChI is InChI=1S/C49H30N4O/c1-2-14-32(15-3-1)47-50-48(34-26-25-31-13-4-5-16-33(31)29-34)52-49(51-47)35-27-28-38(40-20-12-21-41-39-19-8-11-24-45(39)54-46(40)41)44(30-35)53-42-22-9-6-17-36(42)37-18-7-10-23-43(37)53/h1-30H/i6D,7D,17D,18D,22D,23D. The zero-order valence-corrected chi connectivity index (χ0v) is 28.6. The van der Waals surface area contributed by atoms with Crippen molar-refractivity contribution < 1.29 is 12.6 Å². The number of fused-ring (bicyclic) bond motifs is 7. The summed E-state index contributed by atoms with van der Waals surface area (Å²) in [6.07, 6.45) is 0. The SMILES string of the molecule is [2H]c1cc([2H])c2c(c1[2H])c1c([2H])c([2H])cc([2H])c1n2-c1cc(-c2nc(-c3ccccc3)nc(-c3ccc4ccccc4c3)n2)ccc1-c1cccc2c1oc1ccccc12. The first kappa shape index (κ1) is 24.8. The van der Waals surface area contributed by atoms with E-state index in [1.807, 2.05) is 115 Å². The van der Waals surface area contributed by atoms with Crippen LogP contribution in [0.15, 0.2) is 186 Å². The average Bonchev–Trinajstić information content (AvgIpc) is 3.85. The Morgan fingerprint density at radius 2 is 1.07 bits per heavy atom. The van der Waals surface area contributed by atoms with E-state index < -0.39 is 0 Å². The van der Waals surface area contributed by atoms with Crippen molar-refractivity contribution in [3.63, 3.8) is 0 Å². The quantitative estimate of drug-likeness (QED) is 0.180. The highest BCUT2D eigenvalue weighted by Gasteiger charge is 2.21. The molecule has 0 aliphatic carbocycles. The van der Waals surface area contributed by atoms with E-state index in [1.54, 1.807) is 4.57 Å². The lowest BCUT2D eigenvalue weighted by atomic mass is 9.98. The lowest BCUT2D eigenvalue weighted by Crippen LogP contribution is -2.02. The monoisotopic (exact) mass is 696 g/mol. The average molecular weight is 697 g/mol. The first-order chi connectivity index (χ1) is 29.2. The van der Waals surface area contributed by atoms with Crippen LogP contribution in [0.2, 0.25) is 0 Å². The van der Waals surface area contributed by atoms with Crippen LogP contribution in [0.4, 0.5) is 0 Å². The molecule has 0 radical (unpaired) electrons. The van der Waals surface area contributed by atoms with Crippen LogP contribution < -0.4 is 0 Å². The Morgan fingerprint density at radius 3 is 1.85 bits per heavy atom. The van der Waals surface area contributed by atoms with Gasteiger partial charge in [0.1, 0.15) is 11.2 Å². The summed E-state index contributed by atoms with van der Waals surface area (Å²) in [6.45, 7) is 0. The maximum absolute atomic E-state index is 9.27. The van der Waals surface area contributed by atoms with Crippen molar-refractivity contribution in [2.24, 2.45) is 0 Å². The Bertz CT molecular complexity index is 3510. The molecule has 8 aromatic carbocycles. The number of para-hydroxylation sites is 4. The summed E-state index contributed by atoms with van der Waals surface area (Å²) < 4.78 is 62.2. The maximum atomic E-state index is 9.27. The van der Waals surface area contributed by atoms with Gasteiger partial charge >= 0.3 is 0 Å². The zero-order valence-electron chi connectivity index (χ0n) is 34.6. The summed E-state index contributed by atoms with van der Waals surface area (Å²) in [4.78, 5) is 15.1. The lowest BCUT2D eigenvalue weighted by molar-refractivity contribution is 0.670. The molecule has 5 nitrogen and oxygen atoms in total. The van der Waals surface area contributed by atoms with Gasteiger partial charge in [-0.3, -0.25) is 0 Å². The highest BCUT2D eigenvalue weighted by molar-refractivity contribution is 6.12. The zero-order chi connectivity index (χ0) is 40.8. The van der Waals surface area contributed by atoms with Crippen molar-refractivity contribution in [3.8, 4) is 51.0 Å². The van der Waals surface area contributed by atoms with Gasteiger partial charge in [-0.2, -0.15) is 0 Å². The van der Waals surface area contributed by atoms with Gasteiger partial charge in [0.15, 0.2) is 17.5 Å². The predicted molar refractivity (Wildman–Crippen MR) is 221 cm³/mol. The van der Waals surface area contributed by atoms with E-state index >= 15 is 0 Å². The molecule has 0 aliphatic heterocycles. The van der Waals surface area contributed by atoms with Crippen molar-refractivity contribution in [2.45, 2.75) is 0 Å². The van der Waals surface area contributed by atoms with Gasteiger partial charge in [-0.15, -0.1) is 0 Å². The number of hydrogen-bond donors (Lipinski definition) is 0. The van der Waals surface area contributed by atoms with Crippen LogP contribution in [0.25, 0.3) is 105 Å². The lowest BCUT2D eigenvalue weighted by Gasteiger charge is -2.16. The Kier molecular flexibility index (Phi) is 5.55. The second-order valence-electron chi connectivity index (χ2n) is 13.1. The van der Waals surface area contributed by atoms with E-state index in [0.29, 0.717) is 39.9 Å². The Balaban J connectivity index is 1.25. The van der Waals surface area contributed by atoms with Gasteiger partial charge in [-0.05, 0) is 41.1 Å². The number of furan rings is 1. The number of aromatic nitrogens is 4. The molecule has 0 saturated carbocycles. The van der Waals surface area contributed by atoms with E-state index in [-0.39, 0.29) is 58.1 Å². The highest BCUT2D eigenvalue weighted by Crippen LogP contribution is 2.42. The van der Waals surface area contributed by atoms with E-state index in [0.717, 1.165) is 43.8 Å². The third-order valence-electron chi connectivity index (χ3n) is 9.99. The number of benzene rings is 8. The summed E-state index contributed by atoms with van der Waals surface area (Å²) in [7, 11) is 0. The fourth-order valence-electron chi connectivity index (χ4n) is 7.48. The molecule has 0 amide bonds. The van der Waals surface area contributed by atoms with Crippen molar-refractivity contribution in [1.82, 2.24) is 19.5 Å². The molecule has 54 heavy (non-hydrogen) atoms. The molecular formula is C49H30N4O. The molecule has 0 N–H and O–H groups in total. The first-order valence-electron chi connectivity index (χ1n) is 20.6. The van der Waals surface area contributed by atoms with E-state index in [2.05, 4.69) is 18.2 Å². The second kappa shape index (κ2) is 12.1. The molecule has 3 aromatic heterocycles. The third-order valence-corrected chi connectivity index (χ3v) is 9.99. The Labute approximate surface area is 318 Å². The number of hydrogen-bond acceptors (Lipinski definition) is 4. The largest absolute Gasteiger partial charge is 0.455 e. The van der Waals surface area contributed by atoms with Crippen LogP contribution in [-0.4, -0.2) is 19.5 Å². The minimum Gasteiger partial charge on any atom is -0.455 e. The van der Waals surface area contributed by atoms with Crippen LogP contribution >= 0.6 is 0 Å². The van der Waals surface area contributed by atoms with Gasteiger partial charge in [-0.1, -0.05) is 152 Å². The topological polar surface area (TPSA) is 56.7 Å². The molecule has 0 aliphatic rings. The Morgan fingerprint density at radius 1 is 0.444 bits per heavy atom. The molecule has 3 heterocycles. The summed E-state index contributed by atoms with van der Waals surface area (Å²) in [5, 5.41) is 4.33. The summed E-state index contributed by atoms with van der Waals surface area (Å²) >= 11 is 0. The molecule has 11 aromatic rings. The van der Waals surface area contributed by atoms with Gasteiger partial charge in [0.25, 0.3) is 0 Å². The van der Waals surface area contributed by atoms with Gasteiger partial charge in [0.2, 0.25) is 0 Å². The molecule has 5 heteroatoms. The molecule has 0 bridgehead atoms. The van der Waals surface area contributed by atoms with Crippen molar-refractivity contribution in [2.75, 3.05) is 0 Å². The summed E-state index contributed by atoms with van der Waals surface area (Å²) in [5.41, 5.74) is 5.99. The first-order valence-corrected chi connectivity index (χ1v) is 17.6. The predicted octanol–water partition coefficient (Wildman–Crippen LogP) is 12.7. The van der Waals surface area contributed by atoms with Gasteiger partial charge in [0.05, 0.1) is 24.9 Å². The maximum Gasteiger partial charge on any atom is 0.164 e. The van der Waals surface area contributed by atoms with Crippen molar-refractivity contribution >= 4 is 54.5 Å². The third kappa shape index (κ3) is 4.83. The minimum absolute atomic E-state index is 0.0593. The molecular weight excluding hydrogens is 661 g/mol. The van der Waals surface area contributed by atoms with E-state index in [1.165, 1.54) is 12.1 Å². The molecule has 0 spiro atoms. The fraction of sp³-hybridized carbons (Fsp3) is 0. The second-order valence-corrected chi connectivity index (χ2v) is 13.1. The van der Waals surface area contributed by atoms with Crippen LogP contribution in [0.1, 0.15) is 8.22 Å². The summed E-state index contributed by atoms with van der Waals surface area (Å²) in [5.74, 6) is 1.33. The van der Waals surface area contributed by atoms with Crippen molar-refractivity contribution in [1.29, 1.82) is 0 Å². The van der Waals surface area contributed by atoms with Gasteiger partial charge in [-0.25, -0.2) is 15.0 Å². The van der Waals surface area contributed by atoms with Gasteiger partial charge in [0, 0.05) is 49.4 Å². The van der Waals surface area contributed by atoms with Crippen LogP contribution in [0.5, 0.6) is 0 Å². The molecule has 252 valence electrons. The molecule has 0 fully saturated rings. The highest BCUT2D eigenvalue weighted by atomic mass is 16.3. The Hall–Kier alpha value is -7.37. The van der Waals surface area contributed by atoms with Gasteiger partial charge < -0.3 is 8.98 Å². The normalized spacial score (nSPS) is 13.3.